The van der Waals surface area contributed by atoms with E-state index >= 15 is 0 Å². The van der Waals surface area contributed by atoms with Crippen LogP contribution in [0.15, 0.2) is 53.1 Å². The van der Waals surface area contributed by atoms with Crippen molar-refractivity contribution in [1.82, 2.24) is 10.1 Å². The lowest BCUT2D eigenvalue weighted by molar-refractivity contribution is -0.129. The maximum Gasteiger partial charge on any atom is 0.246 e. The number of benzene rings is 2. The number of nitrogens with one attached hydrogen (secondary N) is 1. The van der Waals surface area contributed by atoms with Crippen LogP contribution in [0.4, 0.5) is 5.69 Å². The van der Waals surface area contributed by atoms with Crippen molar-refractivity contribution in [3.63, 3.8) is 0 Å². The highest BCUT2D eigenvalue weighted by Crippen LogP contribution is 2.30. The Balaban J connectivity index is 1.58. The van der Waals surface area contributed by atoms with Gasteiger partial charge >= 0.3 is 0 Å². The predicted molar refractivity (Wildman–Crippen MR) is 130 cm³/mol. The number of para-hydroxylation sites is 1. The summed E-state index contributed by atoms with van der Waals surface area (Å²) in [6.07, 6.45) is 3.04. The molecule has 0 unspecified atom stereocenters. The molecule has 1 aromatic heterocycles. The minimum atomic E-state index is -0.348. The maximum atomic E-state index is 12.5. The Kier molecular flexibility index (Phi) is 8.32. The van der Waals surface area contributed by atoms with Gasteiger partial charge in [-0.2, -0.15) is 0 Å². The lowest BCUT2D eigenvalue weighted by Crippen LogP contribution is -2.33. The Hall–Kier alpha value is -3.78. The van der Waals surface area contributed by atoms with Crippen LogP contribution in [-0.2, 0) is 16.2 Å². The summed E-state index contributed by atoms with van der Waals surface area (Å²) in [5, 5.41) is 7.04. The van der Waals surface area contributed by atoms with Crippen LogP contribution in [-0.4, -0.2) is 42.6 Å². The van der Waals surface area contributed by atoms with Crippen molar-refractivity contribution < 1.29 is 23.6 Å². The molecule has 0 atom stereocenters. The quantitative estimate of drug-likeness (QED) is 0.445. The SMILES string of the molecule is COc1cc(C=CC(=O)N(C)CC(=O)Nc2ccccc2Cl)ccc1OCc1c(C)noc1C. The lowest BCUT2D eigenvalue weighted by atomic mass is 10.1. The topological polar surface area (TPSA) is 93.9 Å². The third-order valence-corrected chi connectivity index (χ3v) is 5.39. The highest BCUT2D eigenvalue weighted by molar-refractivity contribution is 6.33. The fourth-order valence-corrected chi connectivity index (χ4v) is 3.29. The fourth-order valence-electron chi connectivity index (χ4n) is 3.11. The molecular formula is C25H26ClN3O5. The molecular weight excluding hydrogens is 458 g/mol. The first-order valence-corrected chi connectivity index (χ1v) is 10.9. The molecule has 1 heterocycles. The summed E-state index contributed by atoms with van der Waals surface area (Å²) in [7, 11) is 3.09. The largest absolute Gasteiger partial charge is 0.493 e. The van der Waals surface area contributed by atoms with Crippen LogP contribution in [0.5, 0.6) is 11.5 Å². The average molecular weight is 484 g/mol. The fraction of sp³-hybridized carbons (Fsp3) is 0.240. The second-order valence-corrected chi connectivity index (χ2v) is 7.96. The molecule has 2 amide bonds. The van der Waals surface area contributed by atoms with Crippen molar-refractivity contribution >= 4 is 35.2 Å². The van der Waals surface area contributed by atoms with Gasteiger partial charge < -0.3 is 24.2 Å². The van der Waals surface area contributed by atoms with E-state index in [1.807, 2.05) is 13.8 Å². The number of methoxy groups -OCH3 is 1. The van der Waals surface area contributed by atoms with Gasteiger partial charge in [-0.3, -0.25) is 9.59 Å². The highest BCUT2D eigenvalue weighted by atomic mass is 35.5. The number of hydrogen-bond acceptors (Lipinski definition) is 6. The molecule has 0 fully saturated rings. The number of likely N-dealkylation sites (N-methyl/N-ethyl adjacent to an activating group) is 1. The third kappa shape index (κ3) is 6.39. The standard InChI is InChI=1S/C25H26ClN3O5/c1-16-19(17(2)34-28-16)15-33-22-11-9-18(13-23(22)32-4)10-12-25(31)29(3)14-24(30)27-21-8-6-5-7-20(21)26/h5-13H,14-15H2,1-4H3,(H,27,30). The number of rotatable bonds is 9. The molecule has 34 heavy (non-hydrogen) atoms. The number of amides is 2. The van der Waals surface area contributed by atoms with E-state index in [1.54, 1.807) is 62.7 Å². The molecule has 0 spiro atoms. The minimum absolute atomic E-state index is 0.119. The number of anilines is 1. The van der Waals surface area contributed by atoms with Crippen molar-refractivity contribution in [2.45, 2.75) is 20.5 Å². The van der Waals surface area contributed by atoms with Crippen LogP contribution < -0.4 is 14.8 Å². The zero-order valence-electron chi connectivity index (χ0n) is 19.4. The molecule has 8 nitrogen and oxygen atoms in total. The van der Waals surface area contributed by atoms with E-state index in [0.29, 0.717) is 34.6 Å². The summed E-state index contributed by atoms with van der Waals surface area (Å²) in [5.74, 6) is 1.11. The molecule has 0 aliphatic carbocycles. The Morgan fingerprint density at radius 1 is 1.18 bits per heavy atom. The van der Waals surface area contributed by atoms with E-state index in [-0.39, 0.29) is 18.4 Å². The first-order chi connectivity index (χ1) is 16.3. The first kappa shape index (κ1) is 24.9. The van der Waals surface area contributed by atoms with E-state index < -0.39 is 0 Å². The van der Waals surface area contributed by atoms with E-state index in [1.165, 1.54) is 11.0 Å². The number of carbonyl (C=O) groups is 2. The van der Waals surface area contributed by atoms with Gasteiger partial charge in [0.05, 0.1) is 35.6 Å². The Bertz CT molecular complexity index is 1190. The predicted octanol–water partition coefficient (Wildman–Crippen LogP) is 4.64. The van der Waals surface area contributed by atoms with Crippen molar-refractivity contribution in [3.8, 4) is 11.5 Å². The van der Waals surface area contributed by atoms with Gasteiger partial charge in [-0.1, -0.05) is 35.0 Å². The summed E-state index contributed by atoms with van der Waals surface area (Å²) in [4.78, 5) is 26.0. The van der Waals surface area contributed by atoms with Crippen LogP contribution >= 0.6 is 11.6 Å². The van der Waals surface area contributed by atoms with Gasteiger partial charge in [0.15, 0.2) is 11.5 Å². The van der Waals surface area contributed by atoms with Crippen molar-refractivity contribution in [1.29, 1.82) is 0 Å². The van der Waals surface area contributed by atoms with Crippen LogP contribution in [0.25, 0.3) is 6.08 Å². The van der Waals surface area contributed by atoms with Crippen molar-refractivity contribution in [2.24, 2.45) is 0 Å². The number of hydrogen-bond donors (Lipinski definition) is 1. The molecule has 9 heteroatoms. The van der Waals surface area contributed by atoms with Crippen LogP contribution in [0.2, 0.25) is 5.02 Å². The molecule has 178 valence electrons. The molecule has 0 bridgehead atoms. The number of halogens is 1. The van der Waals surface area contributed by atoms with Crippen LogP contribution in [0.3, 0.4) is 0 Å². The van der Waals surface area contributed by atoms with Crippen molar-refractivity contribution in [3.05, 3.63) is 76.1 Å². The Morgan fingerprint density at radius 2 is 1.94 bits per heavy atom. The molecule has 3 aromatic rings. The summed E-state index contributed by atoms with van der Waals surface area (Å²) in [6, 6.07) is 12.2. The molecule has 1 N–H and O–H groups in total. The maximum absolute atomic E-state index is 12.5. The van der Waals surface area contributed by atoms with E-state index in [4.69, 9.17) is 25.6 Å². The van der Waals surface area contributed by atoms with Gasteiger partial charge in [-0.05, 0) is 49.8 Å². The minimum Gasteiger partial charge on any atom is -0.493 e. The molecule has 0 aliphatic rings. The van der Waals surface area contributed by atoms with Crippen LogP contribution in [0, 0.1) is 13.8 Å². The monoisotopic (exact) mass is 483 g/mol. The van der Waals surface area contributed by atoms with Gasteiger partial charge in [0.1, 0.15) is 12.4 Å². The number of ether oxygens (including phenoxy) is 2. The van der Waals surface area contributed by atoms with E-state index in [0.717, 1.165) is 16.8 Å². The average Bonchev–Trinajstić information content (AvgIpc) is 3.14. The molecule has 0 saturated carbocycles. The van der Waals surface area contributed by atoms with Gasteiger partial charge in [-0.25, -0.2) is 0 Å². The summed E-state index contributed by atoms with van der Waals surface area (Å²) in [6.45, 7) is 3.87. The number of aryl methyl sites for hydroxylation is 2. The summed E-state index contributed by atoms with van der Waals surface area (Å²) < 4.78 is 16.5. The van der Waals surface area contributed by atoms with Gasteiger partial charge in [-0.15, -0.1) is 0 Å². The molecule has 0 saturated heterocycles. The van der Waals surface area contributed by atoms with Crippen molar-refractivity contribution in [2.75, 3.05) is 26.0 Å². The molecule has 2 aromatic carbocycles. The smallest absolute Gasteiger partial charge is 0.246 e. The number of nitrogens with zero attached hydrogens (tertiary/aromatic N) is 2. The second kappa shape index (κ2) is 11.4. The number of aromatic nitrogens is 1. The first-order valence-electron chi connectivity index (χ1n) is 10.5. The van der Waals surface area contributed by atoms with Gasteiger partial charge in [0, 0.05) is 13.1 Å². The zero-order valence-corrected chi connectivity index (χ0v) is 20.2. The van der Waals surface area contributed by atoms with Crippen LogP contribution in [0.1, 0.15) is 22.6 Å². The molecule has 0 radical (unpaired) electrons. The Morgan fingerprint density at radius 3 is 2.62 bits per heavy atom. The lowest BCUT2D eigenvalue weighted by Gasteiger charge is -2.15. The third-order valence-electron chi connectivity index (χ3n) is 5.06. The summed E-state index contributed by atoms with van der Waals surface area (Å²) >= 11 is 6.05. The highest BCUT2D eigenvalue weighted by Gasteiger charge is 2.13. The summed E-state index contributed by atoms with van der Waals surface area (Å²) in [5.41, 5.74) is 2.90. The molecule has 3 rings (SSSR count). The molecule has 0 aliphatic heterocycles. The Labute approximate surface area is 203 Å². The number of carbonyl (C=O) groups excluding carboxylic acids is 2. The normalized spacial score (nSPS) is 10.9. The zero-order chi connectivity index (χ0) is 24.7. The van der Waals surface area contributed by atoms with E-state index in [2.05, 4.69) is 10.5 Å². The van der Waals surface area contributed by atoms with E-state index in [9.17, 15) is 9.59 Å². The van der Waals surface area contributed by atoms with Gasteiger partial charge in [0.25, 0.3) is 0 Å². The van der Waals surface area contributed by atoms with Gasteiger partial charge in [0.2, 0.25) is 11.8 Å². The second-order valence-electron chi connectivity index (χ2n) is 7.56.